The molecule has 0 saturated carbocycles. The highest BCUT2D eigenvalue weighted by atomic mass is 32.2. The highest BCUT2D eigenvalue weighted by molar-refractivity contribution is 7.99. The van der Waals surface area contributed by atoms with Crippen molar-refractivity contribution >= 4 is 22.7 Å². The summed E-state index contributed by atoms with van der Waals surface area (Å²) in [4.78, 5) is 8.51. The zero-order chi connectivity index (χ0) is 12.1. The Bertz CT molecular complexity index is 483. The second-order valence-electron chi connectivity index (χ2n) is 3.41. The fraction of sp³-hybridized carbons (Fsp3) is 0.333. The Labute approximate surface area is 104 Å². The van der Waals surface area contributed by atoms with Crippen molar-refractivity contribution in [1.82, 2.24) is 9.97 Å². The Morgan fingerprint density at radius 1 is 1.18 bits per heavy atom. The molecular formula is C12H14N2O2S. The Kier molecular flexibility index (Phi) is 4.30. The molecule has 0 spiro atoms. The molecule has 2 rings (SSSR count). The molecule has 4 nitrogen and oxygen atoms in total. The molecule has 0 amide bonds. The van der Waals surface area contributed by atoms with E-state index in [1.165, 1.54) is 0 Å². The fourth-order valence-corrected chi connectivity index (χ4v) is 2.49. The van der Waals surface area contributed by atoms with E-state index in [2.05, 4.69) is 9.97 Å². The van der Waals surface area contributed by atoms with Gasteiger partial charge in [0, 0.05) is 19.6 Å². The first-order chi connectivity index (χ1) is 8.35. The van der Waals surface area contributed by atoms with Crippen LogP contribution < -0.4 is 0 Å². The van der Waals surface area contributed by atoms with Crippen molar-refractivity contribution in [2.75, 3.05) is 20.0 Å². The molecule has 1 heterocycles. The molecule has 1 aromatic heterocycles. The quantitative estimate of drug-likeness (QED) is 0.463. The highest BCUT2D eigenvalue weighted by Crippen LogP contribution is 2.24. The second kappa shape index (κ2) is 5.95. The van der Waals surface area contributed by atoms with Gasteiger partial charge in [-0.3, -0.25) is 0 Å². The van der Waals surface area contributed by atoms with Crippen LogP contribution in [0.15, 0.2) is 35.6 Å². The number of nitrogens with zero attached hydrogens (tertiary/aromatic N) is 2. The van der Waals surface area contributed by atoms with Gasteiger partial charge in [-0.25, -0.2) is 9.97 Å². The van der Waals surface area contributed by atoms with E-state index in [0.717, 1.165) is 15.9 Å². The summed E-state index contributed by atoms with van der Waals surface area (Å²) in [7, 11) is 3.26. The van der Waals surface area contributed by atoms with Crippen LogP contribution in [0.4, 0.5) is 0 Å². The topological polar surface area (TPSA) is 44.2 Å². The highest BCUT2D eigenvalue weighted by Gasteiger charge is 2.09. The average molecular weight is 250 g/mol. The summed E-state index contributed by atoms with van der Waals surface area (Å²) >= 11 is 1.61. The fourth-order valence-electron chi connectivity index (χ4n) is 1.47. The third kappa shape index (κ3) is 2.94. The summed E-state index contributed by atoms with van der Waals surface area (Å²) in [6, 6.07) is 7.95. The third-order valence-electron chi connectivity index (χ3n) is 2.39. The molecule has 0 atom stereocenters. The van der Waals surface area contributed by atoms with Crippen LogP contribution in [-0.4, -0.2) is 36.2 Å². The first kappa shape index (κ1) is 12.3. The SMILES string of the molecule is COC(CSc1ncnc2ccccc12)OC. The van der Waals surface area contributed by atoms with Crippen LogP contribution in [0, 0.1) is 0 Å². The number of ether oxygens (including phenoxy) is 2. The molecule has 90 valence electrons. The van der Waals surface area contributed by atoms with Gasteiger partial charge in [-0.1, -0.05) is 18.2 Å². The standard InChI is InChI=1S/C12H14N2O2S/c1-15-11(16-2)7-17-12-9-5-3-4-6-10(9)13-8-14-12/h3-6,8,11H,7H2,1-2H3. The number of thioether (sulfide) groups is 1. The van der Waals surface area contributed by atoms with Gasteiger partial charge in [-0.05, 0) is 6.07 Å². The van der Waals surface area contributed by atoms with Gasteiger partial charge in [0.2, 0.25) is 0 Å². The maximum Gasteiger partial charge on any atom is 0.166 e. The van der Waals surface area contributed by atoms with E-state index in [4.69, 9.17) is 9.47 Å². The minimum absolute atomic E-state index is 0.214. The van der Waals surface area contributed by atoms with Crippen molar-refractivity contribution < 1.29 is 9.47 Å². The lowest BCUT2D eigenvalue weighted by Crippen LogP contribution is -2.15. The summed E-state index contributed by atoms with van der Waals surface area (Å²) in [6.45, 7) is 0. The molecule has 0 unspecified atom stereocenters. The number of hydrogen-bond donors (Lipinski definition) is 0. The zero-order valence-electron chi connectivity index (χ0n) is 9.79. The summed E-state index contributed by atoms with van der Waals surface area (Å²) in [6.07, 6.45) is 1.37. The van der Waals surface area contributed by atoms with E-state index in [1.807, 2.05) is 24.3 Å². The number of para-hydroxylation sites is 1. The Morgan fingerprint density at radius 3 is 2.71 bits per heavy atom. The molecule has 17 heavy (non-hydrogen) atoms. The minimum Gasteiger partial charge on any atom is -0.355 e. The number of fused-ring (bicyclic) bond motifs is 1. The van der Waals surface area contributed by atoms with E-state index in [9.17, 15) is 0 Å². The van der Waals surface area contributed by atoms with E-state index in [1.54, 1.807) is 32.3 Å². The van der Waals surface area contributed by atoms with Crippen molar-refractivity contribution in [3.05, 3.63) is 30.6 Å². The van der Waals surface area contributed by atoms with Crippen LogP contribution in [0.2, 0.25) is 0 Å². The predicted octanol–water partition coefficient (Wildman–Crippen LogP) is 2.34. The van der Waals surface area contributed by atoms with Gasteiger partial charge in [0.05, 0.1) is 11.3 Å². The lowest BCUT2D eigenvalue weighted by molar-refractivity contribution is -0.0842. The van der Waals surface area contributed by atoms with E-state index < -0.39 is 0 Å². The van der Waals surface area contributed by atoms with E-state index in [0.29, 0.717) is 5.75 Å². The first-order valence-electron chi connectivity index (χ1n) is 5.23. The summed E-state index contributed by atoms with van der Waals surface area (Å²) < 4.78 is 10.3. The Balaban J connectivity index is 2.18. The van der Waals surface area contributed by atoms with Gasteiger partial charge in [0.25, 0.3) is 0 Å². The molecule has 0 aliphatic heterocycles. The Hall–Kier alpha value is -1.17. The van der Waals surface area contributed by atoms with E-state index in [-0.39, 0.29) is 6.29 Å². The zero-order valence-corrected chi connectivity index (χ0v) is 10.6. The largest absolute Gasteiger partial charge is 0.355 e. The average Bonchev–Trinajstić information content (AvgIpc) is 2.40. The minimum atomic E-state index is -0.214. The number of methoxy groups -OCH3 is 2. The smallest absolute Gasteiger partial charge is 0.166 e. The molecule has 0 bridgehead atoms. The lowest BCUT2D eigenvalue weighted by Gasteiger charge is -2.12. The van der Waals surface area contributed by atoms with Crippen LogP contribution in [0.5, 0.6) is 0 Å². The molecule has 1 aromatic carbocycles. The summed E-state index contributed by atoms with van der Waals surface area (Å²) in [5.74, 6) is 0.702. The van der Waals surface area contributed by atoms with Crippen molar-refractivity contribution in [1.29, 1.82) is 0 Å². The van der Waals surface area contributed by atoms with Crippen LogP contribution in [0.3, 0.4) is 0 Å². The van der Waals surface area contributed by atoms with Gasteiger partial charge in [0.1, 0.15) is 11.4 Å². The maximum atomic E-state index is 5.15. The number of aromatic nitrogens is 2. The predicted molar refractivity (Wildman–Crippen MR) is 68.1 cm³/mol. The van der Waals surface area contributed by atoms with Crippen LogP contribution >= 0.6 is 11.8 Å². The number of hydrogen-bond acceptors (Lipinski definition) is 5. The molecule has 0 saturated heterocycles. The summed E-state index contributed by atoms with van der Waals surface area (Å²) in [5.41, 5.74) is 0.955. The van der Waals surface area contributed by atoms with Gasteiger partial charge in [0.15, 0.2) is 6.29 Å². The van der Waals surface area contributed by atoms with Crippen molar-refractivity contribution in [2.24, 2.45) is 0 Å². The molecule has 0 aliphatic rings. The van der Waals surface area contributed by atoms with Gasteiger partial charge >= 0.3 is 0 Å². The van der Waals surface area contributed by atoms with Crippen LogP contribution in [0.25, 0.3) is 10.9 Å². The molecule has 2 aromatic rings. The Morgan fingerprint density at radius 2 is 1.94 bits per heavy atom. The first-order valence-corrected chi connectivity index (χ1v) is 6.22. The molecular weight excluding hydrogens is 236 g/mol. The number of benzene rings is 1. The van der Waals surface area contributed by atoms with Crippen molar-refractivity contribution in [3.63, 3.8) is 0 Å². The normalized spacial score (nSPS) is 11.2. The van der Waals surface area contributed by atoms with Gasteiger partial charge < -0.3 is 9.47 Å². The molecule has 0 aliphatic carbocycles. The molecule has 5 heteroatoms. The van der Waals surface area contributed by atoms with Crippen LogP contribution in [0.1, 0.15) is 0 Å². The third-order valence-corrected chi connectivity index (χ3v) is 3.43. The maximum absolute atomic E-state index is 5.15. The monoisotopic (exact) mass is 250 g/mol. The van der Waals surface area contributed by atoms with E-state index >= 15 is 0 Å². The van der Waals surface area contributed by atoms with Crippen molar-refractivity contribution in [2.45, 2.75) is 11.3 Å². The second-order valence-corrected chi connectivity index (χ2v) is 4.42. The summed E-state index contributed by atoms with van der Waals surface area (Å²) in [5, 5.41) is 2.01. The van der Waals surface area contributed by atoms with Gasteiger partial charge in [-0.15, -0.1) is 11.8 Å². The lowest BCUT2D eigenvalue weighted by atomic mass is 10.2. The molecule has 0 fully saturated rings. The molecule has 0 radical (unpaired) electrons. The number of rotatable bonds is 5. The molecule has 0 N–H and O–H groups in total. The van der Waals surface area contributed by atoms with Gasteiger partial charge in [-0.2, -0.15) is 0 Å². The van der Waals surface area contributed by atoms with Crippen LogP contribution in [-0.2, 0) is 9.47 Å². The van der Waals surface area contributed by atoms with Crippen molar-refractivity contribution in [3.8, 4) is 0 Å².